The average molecular weight is 264 g/mol. The number of ether oxygens (including phenoxy) is 2. The van der Waals surface area contributed by atoms with Crippen LogP contribution >= 0.6 is 0 Å². The van der Waals surface area contributed by atoms with E-state index in [-0.39, 0.29) is 29.9 Å². The summed E-state index contributed by atoms with van der Waals surface area (Å²) in [5.41, 5.74) is -0.400. The Bertz CT molecular complexity index is 436. The van der Waals surface area contributed by atoms with E-state index < -0.39 is 11.5 Å². The summed E-state index contributed by atoms with van der Waals surface area (Å²) in [7, 11) is 0. The molecule has 1 heterocycles. The van der Waals surface area contributed by atoms with Crippen LogP contribution in [0.2, 0.25) is 0 Å². The average Bonchev–Trinajstić information content (AvgIpc) is 2.49. The molecule has 104 valence electrons. The van der Waals surface area contributed by atoms with Crippen LogP contribution in [-0.4, -0.2) is 23.6 Å². The number of fused-ring (bicyclic) bond motifs is 2. The number of esters is 2. The van der Waals surface area contributed by atoms with E-state index in [2.05, 4.69) is 5.92 Å². The third-order valence-electron chi connectivity index (χ3n) is 4.10. The third-order valence-corrected chi connectivity index (χ3v) is 4.10. The quantitative estimate of drug-likeness (QED) is 0.577. The molecule has 0 aromatic carbocycles. The van der Waals surface area contributed by atoms with Crippen LogP contribution < -0.4 is 0 Å². The molecule has 0 aromatic rings. The molecule has 2 rings (SSSR count). The minimum Gasteiger partial charge on any atom is -0.461 e. The van der Waals surface area contributed by atoms with Gasteiger partial charge in [-0.05, 0) is 26.2 Å². The summed E-state index contributed by atoms with van der Waals surface area (Å²) >= 11 is 0. The molecular weight excluding hydrogens is 244 g/mol. The highest BCUT2D eigenvalue weighted by atomic mass is 16.6. The van der Waals surface area contributed by atoms with Crippen LogP contribution in [0.5, 0.6) is 0 Å². The Balaban J connectivity index is 2.09. The maximum atomic E-state index is 12.2. The summed E-state index contributed by atoms with van der Waals surface area (Å²) in [6.45, 7) is 5.68. The van der Waals surface area contributed by atoms with Gasteiger partial charge in [-0.1, -0.05) is 6.92 Å². The second kappa shape index (κ2) is 4.88. The number of terminal acetylenes is 1. The van der Waals surface area contributed by atoms with E-state index in [1.54, 1.807) is 6.92 Å². The first-order chi connectivity index (χ1) is 8.86. The lowest BCUT2D eigenvalue weighted by Gasteiger charge is -2.35. The minimum atomic E-state index is -0.400. The van der Waals surface area contributed by atoms with E-state index in [4.69, 9.17) is 15.9 Å². The Morgan fingerprint density at radius 2 is 2.32 bits per heavy atom. The zero-order valence-electron chi connectivity index (χ0n) is 11.6. The van der Waals surface area contributed by atoms with Crippen molar-refractivity contribution in [3.8, 4) is 12.3 Å². The first-order valence-electron chi connectivity index (χ1n) is 6.73. The van der Waals surface area contributed by atoms with Gasteiger partial charge >= 0.3 is 11.9 Å². The molecule has 2 bridgehead atoms. The predicted molar refractivity (Wildman–Crippen MR) is 68.9 cm³/mol. The molecule has 5 atom stereocenters. The van der Waals surface area contributed by atoms with Crippen LogP contribution in [0.15, 0.2) is 0 Å². The number of carbonyl (C=O) groups is 2. The molecular formula is C15H20O4. The van der Waals surface area contributed by atoms with E-state index >= 15 is 0 Å². The maximum absolute atomic E-state index is 12.2. The molecule has 4 nitrogen and oxygen atoms in total. The van der Waals surface area contributed by atoms with Gasteiger partial charge in [0, 0.05) is 12.8 Å². The van der Waals surface area contributed by atoms with E-state index in [0.29, 0.717) is 19.3 Å². The van der Waals surface area contributed by atoms with Crippen LogP contribution in [0, 0.1) is 30.1 Å². The van der Waals surface area contributed by atoms with Crippen molar-refractivity contribution >= 4 is 11.9 Å². The molecule has 4 heteroatoms. The van der Waals surface area contributed by atoms with Crippen molar-refractivity contribution in [2.24, 2.45) is 17.8 Å². The van der Waals surface area contributed by atoms with Crippen molar-refractivity contribution in [1.29, 1.82) is 0 Å². The van der Waals surface area contributed by atoms with Gasteiger partial charge in [0.1, 0.15) is 11.7 Å². The monoisotopic (exact) mass is 264 g/mol. The Morgan fingerprint density at radius 1 is 1.63 bits per heavy atom. The van der Waals surface area contributed by atoms with Crippen molar-refractivity contribution < 1.29 is 19.1 Å². The zero-order chi connectivity index (χ0) is 14.2. The van der Waals surface area contributed by atoms with Gasteiger partial charge in [-0.15, -0.1) is 12.3 Å². The summed E-state index contributed by atoms with van der Waals surface area (Å²) in [6.07, 6.45) is 6.59. The van der Waals surface area contributed by atoms with Crippen molar-refractivity contribution in [3.63, 3.8) is 0 Å². The largest absolute Gasteiger partial charge is 0.461 e. The summed E-state index contributed by atoms with van der Waals surface area (Å²) in [4.78, 5) is 24.1. The molecule has 0 radical (unpaired) electrons. The molecule has 2 fully saturated rings. The molecule has 0 aromatic heterocycles. The van der Waals surface area contributed by atoms with Gasteiger partial charge in [-0.25, -0.2) is 0 Å². The second-order valence-electron chi connectivity index (χ2n) is 6.04. The number of carbonyl (C=O) groups excluding carboxylic acids is 2. The van der Waals surface area contributed by atoms with Crippen molar-refractivity contribution in [2.45, 2.75) is 51.7 Å². The smallest absolute Gasteiger partial charge is 0.310 e. The van der Waals surface area contributed by atoms with Crippen molar-refractivity contribution in [3.05, 3.63) is 0 Å². The Morgan fingerprint density at radius 3 is 2.95 bits per heavy atom. The summed E-state index contributed by atoms with van der Waals surface area (Å²) in [5, 5.41) is 0. The minimum absolute atomic E-state index is 0.0840. The van der Waals surface area contributed by atoms with Crippen molar-refractivity contribution in [1.82, 2.24) is 0 Å². The lowest BCUT2D eigenvalue weighted by atomic mass is 9.69. The number of hydrogen-bond donors (Lipinski definition) is 0. The maximum Gasteiger partial charge on any atom is 0.310 e. The molecule has 0 spiro atoms. The van der Waals surface area contributed by atoms with E-state index in [1.165, 1.54) is 0 Å². The topological polar surface area (TPSA) is 52.6 Å². The van der Waals surface area contributed by atoms with Crippen LogP contribution in [0.4, 0.5) is 0 Å². The molecule has 0 N–H and O–H groups in total. The summed E-state index contributed by atoms with van der Waals surface area (Å²) in [5.74, 6) is 1.21. The molecule has 0 unspecified atom stereocenters. The third kappa shape index (κ3) is 2.60. The van der Waals surface area contributed by atoms with Crippen LogP contribution in [0.25, 0.3) is 0 Å². The fourth-order valence-corrected chi connectivity index (χ4v) is 3.39. The van der Waals surface area contributed by atoms with Gasteiger partial charge in [0.2, 0.25) is 0 Å². The number of rotatable bonds is 3. The van der Waals surface area contributed by atoms with E-state index in [0.717, 1.165) is 0 Å². The lowest BCUT2D eigenvalue weighted by Crippen LogP contribution is -2.41. The fourth-order valence-electron chi connectivity index (χ4n) is 3.39. The Labute approximate surface area is 113 Å². The van der Waals surface area contributed by atoms with Gasteiger partial charge in [0.05, 0.1) is 11.8 Å². The highest BCUT2D eigenvalue weighted by Gasteiger charge is 2.56. The molecule has 19 heavy (non-hydrogen) atoms. The predicted octanol–water partition coefficient (Wildman–Crippen LogP) is 1.92. The molecule has 1 saturated heterocycles. The van der Waals surface area contributed by atoms with Crippen LogP contribution in [0.3, 0.4) is 0 Å². The Hall–Kier alpha value is -1.50. The van der Waals surface area contributed by atoms with Gasteiger partial charge in [-0.3, -0.25) is 9.59 Å². The second-order valence-corrected chi connectivity index (χ2v) is 6.04. The number of hydrogen-bond acceptors (Lipinski definition) is 4. The highest BCUT2D eigenvalue weighted by Crippen LogP contribution is 2.48. The first kappa shape index (κ1) is 13.9. The van der Waals surface area contributed by atoms with Crippen molar-refractivity contribution in [2.75, 3.05) is 0 Å². The summed E-state index contributed by atoms with van der Waals surface area (Å²) in [6, 6.07) is 0. The zero-order valence-corrected chi connectivity index (χ0v) is 11.6. The molecule has 1 aliphatic carbocycles. The van der Waals surface area contributed by atoms with E-state index in [9.17, 15) is 9.59 Å². The van der Waals surface area contributed by atoms with Gasteiger partial charge in [0.15, 0.2) is 0 Å². The SMILES string of the molecule is C#CC[C@H](C)OC(=O)[C@H]1[C@@H]2C[C@](C)(C[C@@H]1C)OC2=O. The fraction of sp³-hybridized carbons (Fsp3) is 0.733. The summed E-state index contributed by atoms with van der Waals surface area (Å²) < 4.78 is 10.7. The molecule has 1 saturated carbocycles. The molecule has 2 aliphatic rings. The lowest BCUT2D eigenvalue weighted by molar-refractivity contribution is -0.160. The molecule has 1 aliphatic heterocycles. The van der Waals surface area contributed by atoms with Gasteiger partial charge < -0.3 is 9.47 Å². The normalized spacial score (nSPS) is 38.2. The molecule has 0 amide bonds. The van der Waals surface area contributed by atoms with Crippen LogP contribution in [0.1, 0.15) is 40.0 Å². The highest BCUT2D eigenvalue weighted by molar-refractivity contribution is 5.84. The van der Waals surface area contributed by atoms with Gasteiger partial charge in [0.25, 0.3) is 0 Å². The Kier molecular flexibility index (Phi) is 3.58. The van der Waals surface area contributed by atoms with E-state index in [1.807, 2.05) is 13.8 Å². The van der Waals surface area contributed by atoms with Gasteiger partial charge in [-0.2, -0.15) is 0 Å². The standard InChI is InChI=1S/C15H20O4/c1-5-6-10(3)18-14(17)12-9(2)7-15(4)8-11(12)13(16)19-15/h1,9-12H,6-8H2,2-4H3/t9-,10-,11-,12+,15-/m0/s1. The van der Waals surface area contributed by atoms with Crippen LogP contribution in [-0.2, 0) is 19.1 Å². The first-order valence-corrected chi connectivity index (χ1v) is 6.73.